The van der Waals surface area contributed by atoms with E-state index in [4.69, 9.17) is 0 Å². The second-order valence-corrected chi connectivity index (χ2v) is 8.38. The maximum atomic E-state index is 13.3. The number of nitrogens with zero attached hydrogens (tertiary/aromatic N) is 1. The molecule has 0 spiro atoms. The SMILES string of the molecule is CC1(C)CC(=O)C2=C(C1)C(c1ccccn1)Nc1ccc3ccccc3c12. The fraction of sp³-hybridized carbons (Fsp3) is 0.250. The third-order valence-corrected chi connectivity index (χ3v) is 5.72. The van der Waals surface area contributed by atoms with Crippen molar-refractivity contribution >= 4 is 27.8 Å². The van der Waals surface area contributed by atoms with E-state index in [2.05, 4.69) is 48.4 Å². The summed E-state index contributed by atoms with van der Waals surface area (Å²) < 4.78 is 0. The quantitative estimate of drug-likeness (QED) is 0.623. The van der Waals surface area contributed by atoms with E-state index >= 15 is 0 Å². The molecule has 1 aliphatic carbocycles. The van der Waals surface area contributed by atoms with Gasteiger partial charge >= 0.3 is 0 Å². The lowest BCUT2D eigenvalue weighted by atomic mass is 9.68. The van der Waals surface area contributed by atoms with E-state index in [-0.39, 0.29) is 17.2 Å². The Balaban J connectivity index is 1.82. The number of fused-ring (bicyclic) bond motifs is 4. The van der Waals surface area contributed by atoms with Gasteiger partial charge in [-0.3, -0.25) is 9.78 Å². The number of Topliss-reactive ketones (excluding diaryl/α,β-unsaturated/α-hetero) is 1. The lowest BCUT2D eigenvalue weighted by molar-refractivity contribution is -0.116. The van der Waals surface area contributed by atoms with Crippen LogP contribution in [0.15, 0.2) is 66.4 Å². The van der Waals surface area contributed by atoms with E-state index in [1.165, 1.54) is 11.0 Å². The van der Waals surface area contributed by atoms with Gasteiger partial charge in [-0.05, 0) is 46.4 Å². The molecule has 2 aromatic carbocycles. The molecule has 2 heterocycles. The third kappa shape index (κ3) is 2.57. The highest BCUT2D eigenvalue weighted by Gasteiger charge is 2.40. The lowest BCUT2D eigenvalue weighted by Crippen LogP contribution is -2.32. The van der Waals surface area contributed by atoms with Gasteiger partial charge in [-0.15, -0.1) is 0 Å². The van der Waals surface area contributed by atoms with Crippen LogP contribution in [0.2, 0.25) is 0 Å². The molecule has 3 heteroatoms. The van der Waals surface area contributed by atoms with Crippen LogP contribution in [0.1, 0.15) is 44.0 Å². The van der Waals surface area contributed by atoms with Crippen LogP contribution in [0.4, 0.5) is 5.69 Å². The number of nitrogens with one attached hydrogen (secondary N) is 1. The van der Waals surface area contributed by atoms with Gasteiger partial charge in [-0.1, -0.05) is 50.2 Å². The molecular weight excluding hydrogens is 332 g/mol. The number of aromatic nitrogens is 1. The van der Waals surface area contributed by atoms with E-state index < -0.39 is 0 Å². The Hall–Kier alpha value is -2.94. The number of hydrogen-bond donors (Lipinski definition) is 1. The van der Waals surface area contributed by atoms with Crippen LogP contribution in [0, 0.1) is 5.41 Å². The van der Waals surface area contributed by atoms with Gasteiger partial charge in [0.05, 0.1) is 11.7 Å². The van der Waals surface area contributed by atoms with Crippen LogP contribution in [-0.2, 0) is 4.79 Å². The molecule has 1 unspecified atom stereocenters. The van der Waals surface area contributed by atoms with E-state index in [0.717, 1.165) is 34.3 Å². The monoisotopic (exact) mass is 354 g/mol. The van der Waals surface area contributed by atoms with Crippen LogP contribution in [0.5, 0.6) is 0 Å². The number of carbonyl (C=O) groups is 1. The molecule has 3 aromatic rings. The summed E-state index contributed by atoms with van der Waals surface area (Å²) in [6.07, 6.45) is 3.30. The summed E-state index contributed by atoms with van der Waals surface area (Å²) in [5, 5.41) is 6.00. The molecule has 1 atom stereocenters. The zero-order valence-electron chi connectivity index (χ0n) is 15.6. The number of allylic oxidation sites excluding steroid dienone is 1. The summed E-state index contributed by atoms with van der Waals surface area (Å²) in [4.78, 5) is 17.9. The van der Waals surface area contributed by atoms with Gasteiger partial charge < -0.3 is 5.32 Å². The number of carbonyl (C=O) groups excluding carboxylic acids is 1. The van der Waals surface area contributed by atoms with Gasteiger partial charge in [-0.25, -0.2) is 0 Å². The first kappa shape index (κ1) is 16.2. The van der Waals surface area contributed by atoms with Gasteiger partial charge in [0, 0.05) is 29.4 Å². The molecule has 134 valence electrons. The van der Waals surface area contributed by atoms with Crippen molar-refractivity contribution < 1.29 is 4.79 Å². The number of pyridine rings is 1. The van der Waals surface area contributed by atoms with Crippen LogP contribution < -0.4 is 5.32 Å². The van der Waals surface area contributed by atoms with Crippen molar-refractivity contribution in [3.8, 4) is 0 Å². The van der Waals surface area contributed by atoms with Gasteiger partial charge in [0.15, 0.2) is 5.78 Å². The third-order valence-electron chi connectivity index (χ3n) is 5.72. The van der Waals surface area contributed by atoms with Crippen LogP contribution in [0.25, 0.3) is 16.3 Å². The minimum Gasteiger partial charge on any atom is -0.372 e. The standard InChI is InChI=1S/C24H22N2O/c1-24(2)13-17-22(20(27)14-24)21-16-8-4-3-7-15(16)10-11-18(21)26-23(17)19-9-5-6-12-25-19/h3-12,23,26H,13-14H2,1-2H3. The van der Waals surface area contributed by atoms with Gasteiger partial charge in [0.2, 0.25) is 0 Å². The second kappa shape index (κ2) is 5.78. The zero-order valence-corrected chi connectivity index (χ0v) is 15.6. The first-order valence-electron chi connectivity index (χ1n) is 9.49. The molecule has 2 aliphatic rings. The molecule has 0 amide bonds. The summed E-state index contributed by atoms with van der Waals surface area (Å²) in [7, 11) is 0. The molecule has 0 saturated carbocycles. The summed E-state index contributed by atoms with van der Waals surface area (Å²) in [5.74, 6) is 0.251. The van der Waals surface area contributed by atoms with Gasteiger partial charge in [0.25, 0.3) is 0 Å². The highest BCUT2D eigenvalue weighted by Crippen LogP contribution is 2.51. The molecule has 0 fully saturated rings. The van der Waals surface area contributed by atoms with Crippen molar-refractivity contribution in [3.63, 3.8) is 0 Å². The Morgan fingerprint density at radius 2 is 1.81 bits per heavy atom. The average molecular weight is 354 g/mol. The van der Waals surface area contributed by atoms with E-state index in [1.807, 2.05) is 36.5 Å². The highest BCUT2D eigenvalue weighted by molar-refractivity contribution is 6.28. The molecule has 3 nitrogen and oxygen atoms in total. The van der Waals surface area contributed by atoms with Crippen molar-refractivity contribution in [1.82, 2.24) is 4.98 Å². The average Bonchev–Trinajstić information content (AvgIpc) is 2.66. The topological polar surface area (TPSA) is 42.0 Å². The first-order valence-corrected chi connectivity index (χ1v) is 9.49. The number of hydrogen-bond acceptors (Lipinski definition) is 3. The van der Waals surface area contributed by atoms with Crippen molar-refractivity contribution in [2.45, 2.75) is 32.7 Å². The number of rotatable bonds is 1. The molecule has 1 aliphatic heterocycles. The number of anilines is 1. The fourth-order valence-electron chi connectivity index (χ4n) is 4.62. The predicted molar refractivity (Wildman–Crippen MR) is 109 cm³/mol. The highest BCUT2D eigenvalue weighted by atomic mass is 16.1. The predicted octanol–water partition coefficient (Wildman–Crippen LogP) is 5.54. The lowest BCUT2D eigenvalue weighted by Gasteiger charge is -2.40. The zero-order chi connectivity index (χ0) is 18.6. The Kier molecular flexibility index (Phi) is 3.48. The van der Waals surface area contributed by atoms with E-state index in [1.54, 1.807) is 0 Å². The van der Waals surface area contributed by atoms with Crippen molar-refractivity contribution in [1.29, 1.82) is 0 Å². The normalized spacial score (nSPS) is 20.8. The first-order chi connectivity index (χ1) is 13.0. The number of ketones is 1. The van der Waals surface area contributed by atoms with Crippen LogP contribution >= 0.6 is 0 Å². The second-order valence-electron chi connectivity index (χ2n) is 8.38. The summed E-state index contributed by atoms with van der Waals surface area (Å²) in [5.41, 5.74) is 5.11. The molecular formula is C24H22N2O. The molecule has 1 N–H and O–H groups in total. The maximum Gasteiger partial charge on any atom is 0.164 e. The Labute approximate surface area is 159 Å². The number of benzene rings is 2. The van der Waals surface area contributed by atoms with Crippen LogP contribution in [0.3, 0.4) is 0 Å². The van der Waals surface area contributed by atoms with E-state index in [0.29, 0.717) is 6.42 Å². The molecule has 0 radical (unpaired) electrons. The summed E-state index contributed by atoms with van der Waals surface area (Å²) in [6, 6.07) is 18.5. The molecule has 27 heavy (non-hydrogen) atoms. The Morgan fingerprint density at radius 3 is 2.63 bits per heavy atom. The van der Waals surface area contributed by atoms with E-state index in [9.17, 15) is 4.79 Å². The summed E-state index contributed by atoms with van der Waals surface area (Å²) >= 11 is 0. The van der Waals surface area contributed by atoms with Crippen molar-refractivity contribution in [2.24, 2.45) is 5.41 Å². The Bertz CT molecular complexity index is 1100. The minimum absolute atomic E-state index is 0.0350. The van der Waals surface area contributed by atoms with Gasteiger partial charge in [0.1, 0.15) is 0 Å². The van der Waals surface area contributed by atoms with Gasteiger partial charge in [-0.2, -0.15) is 0 Å². The minimum atomic E-state index is -0.0570. The maximum absolute atomic E-state index is 13.3. The molecule has 1 aromatic heterocycles. The molecule has 0 bridgehead atoms. The van der Waals surface area contributed by atoms with Crippen molar-refractivity contribution in [3.05, 3.63) is 77.6 Å². The fourth-order valence-corrected chi connectivity index (χ4v) is 4.62. The Morgan fingerprint density at radius 1 is 1.00 bits per heavy atom. The summed E-state index contributed by atoms with van der Waals surface area (Å²) in [6.45, 7) is 4.37. The van der Waals surface area contributed by atoms with Crippen LogP contribution in [-0.4, -0.2) is 10.8 Å². The smallest absolute Gasteiger partial charge is 0.164 e. The molecule has 5 rings (SSSR count). The molecule has 0 saturated heterocycles. The van der Waals surface area contributed by atoms with Crippen molar-refractivity contribution in [2.75, 3.05) is 5.32 Å². The largest absolute Gasteiger partial charge is 0.372 e.